The van der Waals surface area contributed by atoms with E-state index in [-0.39, 0.29) is 19.2 Å². The summed E-state index contributed by atoms with van der Waals surface area (Å²) in [5.74, 6) is 0.398. The van der Waals surface area contributed by atoms with E-state index in [0.717, 1.165) is 0 Å². The van der Waals surface area contributed by atoms with Crippen LogP contribution >= 0.6 is 11.6 Å². The summed E-state index contributed by atoms with van der Waals surface area (Å²) >= 11 is 5.92. The van der Waals surface area contributed by atoms with Crippen molar-refractivity contribution in [3.63, 3.8) is 0 Å². The third-order valence-electron chi connectivity index (χ3n) is 2.80. The molecule has 0 spiro atoms. The number of aliphatic hydroxyl groups excluding tert-OH is 1. The average molecular weight is 303 g/mol. The molecule has 1 aromatic carbocycles. The van der Waals surface area contributed by atoms with Gasteiger partial charge in [-0.3, -0.25) is 4.79 Å². The Morgan fingerprint density at radius 3 is 2.50 bits per heavy atom. The molecule has 0 atom stereocenters. The highest BCUT2D eigenvalue weighted by Crippen LogP contribution is 2.36. The Hall–Kier alpha value is -1.46. The first-order valence-electron chi connectivity index (χ1n) is 6.04. The Balaban J connectivity index is 3.00. The molecule has 0 aliphatic carbocycles. The van der Waals surface area contributed by atoms with Gasteiger partial charge in [0.05, 0.1) is 26.2 Å². The van der Waals surface area contributed by atoms with E-state index in [4.69, 9.17) is 25.8 Å². The summed E-state index contributed by atoms with van der Waals surface area (Å²) in [6, 6.07) is 3.17. The first-order valence-corrected chi connectivity index (χ1v) is 6.42. The number of ether oxygens (including phenoxy) is 3. The van der Waals surface area contributed by atoms with Crippen molar-refractivity contribution in [1.82, 2.24) is 0 Å². The Morgan fingerprint density at radius 1 is 1.35 bits per heavy atom. The van der Waals surface area contributed by atoms with Gasteiger partial charge in [-0.05, 0) is 19.9 Å². The molecule has 6 heteroatoms. The van der Waals surface area contributed by atoms with E-state index in [2.05, 4.69) is 0 Å². The largest absolute Gasteiger partial charge is 0.493 e. The van der Waals surface area contributed by atoms with E-state index in [0.29, 0.717) is 22.1 Å². The molecule has 0 saturated carbocycles. The highest BCUT2D eigenvalue weighted by molar-refractivity contribution is 6.30. The van der Waals surface area contributed by atoms with E-state index < -0.39 is 5.41 Å². The molecule has 5 nitrogen and oxygen atoms in total. The van der Waals surface area contributed by atoms with Crippen molar-refractivity contribution in [3.05, 3.63) is 22.7 Å². The van der Waals surface area contributed by atoms with Gasteiger partial charge in [-0.2, -0.15) is 0 Å². The molecule has 0 saturated heterocycles. The minimum atomic E-state index is -0.813. The summed E-state index contributed by atoms with van der Waals surface area (Å²) < 4.78 is 15.5. The van der Waals surface area contributed by atoms with Crippen molar-refractivity contribution in [2.45, 2.75) is 20.5 Å². The highest BCUT2D eigenvalue weighted by Gasteiger charge is 2.30. The number of esters is 1. The zero-order valence-electron chi connectivity index (χ0n) is 12.0. The van der Waals surface area contributed by atoms with Crippen molar-refractivity contribution >= 4 is 17.6 Å². The monoisotopic (exact) mass is 302 g/mol. The van der Waals surface area contributed by atoms with Crippen LogP contribution in [0.3, 0.4) is 0 Å². The molecule has 0 bridgehead atoms. The van der Waals surface area contributed by atoms with Gasteiger partial charge in [0.15, 0.2) is 11.5 Å². The van der Waals surface area contributed by atoms with Gasteiger partial charge in [0.25, 0.3) is 0 Å². The smallest absolute Gasteiger partial charge is 0.314 e. The minimum absolute atomic E-state index is 0.0880. The second-order valence-corrected chi connectivity index (χ2v) is 5.35. The van der Waals surface area contributed by atoms with Crippen LogP contribution in [0.25, 0.3) is 0 Å². The fourth-order valence-electron chi connectivity index (χ4n) is 1.64. The van der Waals surface area contributed by atoms with Crippen LogP contribution in [0.4, 0.5) is 0 Å². The van der Waals surface area contributed by atoms with Crippen LogP contribution in [-0.4, -0.2) is 31.9 Å². The van der Waals surface area contributed by atoms with Crippen LogP contribution in [-0.2, 0) is 16.1 Å². The lowest BCUT2D eigenvalue weighted by atomic mass is 9.95. The van der Waals surface area contributed by atoms with Gasteiger partial charge in [0.1, 0.15) is 6.61 Å². The Kier molecular flexibility index (Phi) is 5.65. The van der Waals surface area contributed by atoms with E-state index in [1.54, 1.807) is 26.0 Å². The number of carbonyl (C=O) groups excluding carboxylic acids is 1. The summed E-state index contributed by atoms with van der Waals surface area (Å²) in [5.41, 5.74) is -0.318. The quantitative estimate of drug-likeness (QED) is 0.818. The van der Waals surface area contributed by atoms with Crippen LogP contribution in [0, 0.1) is 5.41 Å². The van der Waals surface area contributed by atoms with Gasteiger partial charge >= 0.3 is 5.97 Å². The van der Waals surface area contributed by atoms with Gasteiger partial charge in [0, 0.05) is 16.7 Å². The number of benzene rings is 1. The molecule has 0 radical (unpaired) electrons. The Morgan fingerprint density at radius 2 is 2.00 bits per heavy atom. The van der Waals surface area contributed by atoms with Gasteiger partial charge in [0.2, 0.25) is 0 Å². The molecular weight excluding hydrogens is 284 g/mol. The zero-order valence-corrected chi connectivity index (χ0v) is 12.8. The molecule has 1 rings (SSSR count). The second kappa shape index (κ2) is 6.81. The molecule has 1 aromatic rings. The van der Waals surface area contributed by atoms with E-state index in [1.807, 2.05) is 0 Å². The maximum atomic E-state index is 11.6. The number of aliphatic hydroxyl groups is 1. The summed E-state index contributed by atoms with van der Waals surface area (Å²) in [5, 5.41) is 9.80. The van der Waals surface area contributed by atoms with E-state index in [1.165, 1.54) is 14.2 Å². The number of halogens is 1. The first-order chi connectivity index (χ1) is 9.35. The van der Waals surface area contributed by atoms with E-state index in [9.17, 15) is 9.90 Å². The summed E-state index contributed by atoms with van der Waals surface area (Å²) in [6.07, 6.45) is 0. The fourth-order valence-corrected chi connectivity index (χ4v) is 1.87. The van der Waals surface area contributed by atoms with Crippen LogP contribution in [0.1, 0.15) is 19.4 Å². The zero-order chi connectivity index (χ0) is 15.3. The lowest BCUT2D eigenvalue weighted by Gasteiger charge is -2.23. The van der Waals surface area contributed by atoms with E-state index >= 15 is 0 Å². The third kappa shape index (κ3) is 3.77. The molecule has 1 N–H and O–H groups in total. The molecule has 112 valence electrons. The van der Waals surface area contributed by atoms with Gasteiger partial charge in [-0.25, -0.2) is 0 Å². The lowest BCUT2D eigenvalue weighted by molar-refractivity contribution is -0.152. The predicted octanol–water partition coefficient (Wildman–Crippen LogP) is 2.42. The predicted molar refractivity (Wildman–Crippen MR) is 75.2 cm³/mol. The van der Waals surface area contributed by atoms with Gasteiger partial charge in [-0.1, -0.05) is 11.6 Å². The third-order valence-corrected chi connectivity index (χ3v) is 3.02. The SMILES string of the molecule is COC(=O)C(C)(C)COc1c(CO)cc(Cl)cc1OC. The molecule has 0 aliphatic heterocycles. The van der Waals surface area contributed by atoms with Crippen molar-refractivity contribution in [1.29, 1.82) is 0 Å². The normalized spacial score (nSPS) is 11.1. The highest BCUT2D eigenvalue weighted by atomic mass is 35.5. The van der Waals surface area contributed by atoms with Crippen LogP contribution in [0.15, 0.2) is 12.1 Å². The summed E-state index contributed by atoms with van der Waals surface area (Å²) in [7, 11) is 2.80. The number of hydrogen-bond acceptors (Lipinski definition) is 5. The standard InChI is InChI=1S/C14H19ClO5/c1-14(2,13(17)19-4)8-20-12-9(7-16)5-10(15)6-11(12)18-3/h5-6,16H,7-8H2,1-4H3. The molecule has 0 fully saturated rings. The molecule has 0 amide bonds. The molecule has 0 aliphatic rings. The average Bonchev–Trinajstić information content (AvgIpc) is 2.43. The maximum Gasteiger partial charge on any atom is 0.314 e. The van der Waals surface area contributed by atoms with Gasteiger partial charge in [-0.15, -0.1) is 0 Å². The van der Waals surface area contributed by atoms with Crippen molar-refractivity contribution < 1.29 is 24.1 Å². The van der Waals surface area contributed by atoms with Crippen LogP contribution in [0.2, 0.25) is 5.02 Å². The van der Waals surface area contributed by atoms with Crippen LogP contribution < -0.4 is 9.47 Å². The first kappa shape index (κ1) is 16.6. The topological polar surface area (TPSA) is 65.0 Å². The number of carbonyl (C=O) groups is 1. The number of rotatable bonds is 6. The molecule has 0 heterocycles. The maximum absolute atomic E-state index is 11.6. The van der Waals surface area contributed by atoms with Crippen LogP contribution in [0.5, 0.6) is 11.5 Å². The summed E-state index contributed by atoms with van der Waals surface area (Å²) in [4.78, 5) is 11.6. The van der Waals surface area contributed by atoms with Crippen molar-refractivity contribution in [2.24, 2.45) is 5.41 Å². The Bertz CT molecular complexity index is 459. The molecule has 0 aromatic heterocycles. The Labute approximate surface area is 123 Å². The minimum Gasteiger partial charge on any atom is -0.493 e. The lowest BCUT2D eigenvalue weighted by Crippen LogP contribution is -2.32. The molecule has 20 heavy (non-hydrogen) atoms. The molecule has 0 unspecified atom stereocenters. The summed E-state index contributed by atoms with van der Waals surface area (Å²) in [6.45, 7) is 3.26. The fraction of sp³-hybridized carbons (Fsp3) is 0.500. The van der Waals surface area contributed by atoms with Crippen molar-refractivity contribution in [3.8, 4) is 11.5 Å². The van der Waals surface area contributed by atoms with Crippen molar-refractivity contribution in [2.75, 3.05) is 20.8 Å². The molecular formula is C14H19ClO5. The second-order valence-electron chi connectivity index (χ2n) is 4.92. The number of methoxy groups -OCH3 is 2. The van der Waals surface area contributed by atoms with Gasteiger partial charge < -0.3 is 19.3 Å². The number of hydrogen-bond donors (Lipinski definition) is 1.